The van der Waals surface area contributed by atoms with E-state index < -0.39 is 0 Å². The average Bonchev–Trinajstić information content (AvgIpc) is 3.78. The molecule has 2 heterocycles. The fourth-order valence-electron chi connectivity index (χ4n) is 4.14. The summed E-state index contributed by atoms with van der Waals surface area (Å²) in [4.78, 5) is 27.3. The Morgan fingerprint density at radius 3 is 2.42 bits per heavy atom. The van der Waals surface area contributed by atoms with Gasteiger partial charge in [-0.1, -0.05) is 6.92 Å². The van der Waals surface area contributed by atoms with Crippen LogP contribution in [0.5, 0.6) is 0 Å². The minimum absolute atomic E-state index is 0.103. The second-order valence-corrected chi connectivity index (χ2v) is 10.7. The molecular weight excluding hydrogens is 472 g/mol. The van der Waals surface area contributed by atoms with Crippen LogP contribution < -0.4 is 21.3 Å². The minimum Gasteiger partial charge on any atom is -0.385 e. The molecule has 36 heavy (non-hydrogen) atoms. The number of anilines is 3. The Morgan fingerprint density at radius 1 is 1.08 bits per heavy atom. The summed E-state index contributed by atoms with van der Waals surface area (Å²) in [6, 6.07) is 9.71. The van der Waals surface area contributed by atoms with Crippen LogP contribution in [0.4, 0.5) is 17.3 Å². The molecule has 9 nitrogen and oxygen atoms in total. The molecule has 5 rings (SSSR count). The molecule has 10 heteroatoms. The summed E-state index contributed by atoms with van der Waals surface area (Å²) in [6.45, 7) is 7.05. The van der Waals surface area contributed by atoms with Crippen molar-refractivity contribution in [2.45, 2.75) is 42.7 Å². The van der Waals surface area contributed by atoms with Crippen molar-refractivity contribution in [1.29, 1.82) is 5.41 Å². The van der Waals surface area contributed by atoms with Gasteiger partial charge in [-0.2, -0.15) is 0 Å². The maximum atomic E-state index is 12.0. The largest absolute Gasteiger partial charge is 0.385 e. The van der Waals surface area contributed by atoms with Crippen molar-refractivity contribution >= 4 is 40.7 Å². The molecule has 0 radical (unpaired) electrons. The van der Waals surface area contributed by atoms with Crippen molar-refractivity contribution in [1.82, 2.24) is 14.9 Å². The van der Waals surface area contributed by atoms with E-state index in [1.807, 2.05) is 30.3 Å². The van der Waals surface area contributed by atoms with Gasteiger partial charge in [0, 0.05) is 60.4 Å². The molecule has 1 saturated heterocycles. The number of hydrogen-bond donors (Lipinski definition) is 4. The number of aromatic nitrogens is 2. The van der Waals surface area contributed by atoms with Crippen LogP contribution in [0.2, 0.25) is 0 Å². The molecular formula is C26H34N8OS. The number of carbonyl (C=O) groups excluding carboxylic acids is 1. The number of hydrogen-bond acceptors (Lipinski definition) is 9. The second-order valence-electron chi connectivity index (χ2n) is 9.66. The van der Waals surface area contributed by atoms with E-state index in [0.29, 0.717) is 28.4 Å². The van der Waals surface area contributed by atoms with Crippen LogP contribution >= 0.6 is 11.8 Å². The Morgan fingerprint density at radius 2 is 1.78 bits per heavy atom. The number of nitrogens with one attached hydrogen (secondary N) is 3. The van der Waals surface area contributed by atoms with Crippen LogP contribution in [0.25, 0.3) is 0 Å². The van der Waals surface area contributed by atoms with E-state index >= 15 is 0 Å². The molecule has 1 aromatic heterocycles. The van der Waals surface area contributed by atoms with Crippen molar-refractivity contribution in [3.8, 4) is 0 Å². The van der Waals surface area contributed by atoms with E-state index in [1.54, 1.807) is 6.08 Å². The number of amides is 1. The van der Waals surface area contributed by atoms with E-state index in [-0.39, 0.29) is 11.8 Å². The Bertz CT molecular complexity index is 1140. The Balaban J connectivity index is 1.32. The quantitative estimate of drug-likeness (QED) is 0.284. The first-order chi connectivity index (χ1) is 17.5. The Kier molecular flexibility index (Phi) is 7.43. The molecule has 5 N–H and O–H groups in total. The minimum atomic E-state index is 0.103. The topological polar surface area (TPSA) is 123 Å². The first kappa shape index (κ1) is 24.6. The van der Waals surface area contributed by atoms with E-state index in [0.717, 1.165) is 74.8 Å². The van der Waals surface area contributed by atoms with Gasteiger partial charge in [0.2, 0.25) is 5.91 Å². The predicted octanol–water partition coefficient (Wildman–Crippen LogP) is 3.76. The summed E-state index contributed by atoms with van der Waals surface area (Å²) in [5.41, 5.74) is 7.58. The van der Waals surface area contributed by atoms with Gasteiger partial charge in [0.1, 0.15) is 17.5 Å². The highest BCUT2D eigenvalue weighted by Gasteiger charge is 2.29. The van der Waals surface area contributed by atoms with Crippen LogP contribution in [-0.4, -0.2) is 59.2 Å². The lowest BCUT2D eigenvalue weighted by Gasteiger charge is -2.34. The summed E-state index contributed by atoms with van der Waals surface area (Å²) >= 11 is 1.47. The number of allylic oxidation sites excluding steroid dienone is 1. The lowest BCUT2D eigenvalue weighted by Crippen LogP contribution is -2.46. The standard InChI is InChI=1S/C26H34N8OS/c1-2-33-11-13-34(14-12-33)24-16-23(30-22(28)15-21(27)17-3-4-17)31-26(32-24)36-20-9-7-19(8-10-20)29-25(35)18-5-6-18/h7-10,15-18,27H,2-6,11-14,28H2,1H3,(H,29,35)(H,30,31,32)/b22-15+,27-21?. The summed E-state index contributed by atoms with van der Waals surface area (Å²) in [5, 5.41) is 14.9. The zero-order valence-corrected chi connectivity index (χ0v) is 21.5. The number of nitrogens with zero attached hydrogens (tertiary/aromatic N) is 4. The SMILES string of the molecule is CCN1CCN(c2cc(N/C(N)=C/C(=N)C3CC3)nc(Sc3ccc(NC(=O)C4CC4)cc3)n2)CC1. The first-order valence-corrected chi connectivity index (χ1v) is 13.6. The van der Waals surface area contributed by atoms with Crippen LogP contribution in [0, 0.1) is 17.2 Å². The number of rotatable bonds is 10. The first-order valence-electron chi connectivity index (χ1n) is 12.7. The molecule has 0 spiro atoms. The van der Waals surface area contributed by atoms with Crippen molar-refractivity contribution in [2.24, 2.45) is 17.6 Å². The molecule has 0 unspecified atom stereocenters. The summed E-state index contributed by atoms with van der Waals surface area (Å²) in [7, 11) is 0. The Labute approximate surface area is 216 Å². The molecule has 3 fully saturated rings. The van der Waals surface area contributed by atoms with Gasteiger partial charge in [-0.25, -0.2) is 9.97 Å². The molecule has 0 atom stereocenters. The van der Waals surface area contributed by atoms with Crippen LogP contribution in [-0.2, 0) is 4.79 Å². The second kappa shape index (κ2) is 10.9. The molecule has 2 saturated carbocycles. The van der Waals surface area contributed by atoms with Gasteiger partial charge in [-0.3, -0.25) is 4.79 Å². The number of piperazine rings is 1. The van der Waals surface area contributed by atoms with E-state index in [1.165, 1.54) is 11.8 Å². The normalized spacial score (nSPS) is 18.7. The Hall–Kier alpha value is -3.11. The molecule has 190 valence electrons. The lowest BCUT2D eigenvalue weighted by atomic mass is 10.2. The van der Waals surface area contributed by atoms with Gasteiger partial charge in [0.05, 0.1) is 0 Å². The predicted molar refractivity (Wildman–Crippen MR) is 145 cm³/mol. The van der Waals surface area contributed by atoms with Crippen molar-refractivity contribution in [2.75, 3.05) is 48.3 Å². The van der Waals surface area contributed by atoms with Gasteiger partial charge in [-0.15, -0.1) is 0 Å². The van der Waals surface area contributed by atoms with E-state index in [2.05, 4.69) is 27.4 Å². The fourth-order valence-corrected chi connectivity index (χ4v) is 4.91. The molecule has 0 bridgehead atoms. The molecule has 1 amide bonds. The van der Waals surface area contributed by atoms with Crippen molar-refractivity contribution in [3.63, 3.8) is 0 Å². The maximum Gasteiger partial charge on any atom is 0.227 e. The van der Waals surface area contributed by atoms with Crippen molar-refractivity contribution < 1.29 is 4.79 Å². The number of carbonyl (C=O) groups is 1. The number of likely N-dealkylation sites (N-methyl/N-ethyl adjacent to an activating group) is 1. The molecule has 3 aliphatic rings. The average molecular weight is 507 g/mol. The lowest BCUT2D eigenvalue weighted by molar-refractivity contribution is -0.117. The van der Waals surface area contributed by atoms with Crippen LogP contribution in [0.15, 0.2) is 52.3 Å². The maximum absolute atomic E-state index is 12.0. The summed E-state index contributed by atoms with van der Waals surface area (Å²) in [5.74, 6) is 2.51. The third-order valence-electron chi connectivity index (χ3n) is 6.72. The van der Waals surface area contributed by atoms with Crippen LogP contribution in [0.3, 0.4) is 0 Å². The molecule has 2 aliphatic carbocycles. The van der Waals surface area contributed by atoms with Gasteiger partial charge < -0.3 is 31.6 Å². The van der Waals surface area contributed by atoms with E-state index in [4.69, 9.17) is 21.1 Å². The molecule has 1 aromatic carbocycles. The summed E-state index contributed by atoms with van der Waals surface area (Å²) in [6.07, 6.45) is 5.79. The number of benzene rings is 1. The van der Waals surface area contributed by atoms with Crippen LogP contribution in [0.1, 0.15) is 32.6 Å². The van der Waals surface area contributed by atoms with Crippen molar-refractivity contribution in [3.05, 3.63) is 42.2 Å². The summed E-state index contributed by atoms with van der Waals surface area (Å²) < 4.78 is 0. The highest BCUT2D eigenvalue weighted by Crippen LogP contribution is 2.33. The molecule has 1 aliphatic heterocycles. The monoisotopic (exact) mass is 506 g/mol. The highest BCUT2D eigenvalue weighted by molar-refractivity contribution is 7.99. The highest BCUT2D eigenvalue weighted by atomic mass is 32.2. The smallest absolute Gasteiger partial charge is 0.227 e. The van der Waals surface area contributed by atoms with Gasteiger partial charge in [0.15, 0.2) is 5.16 Å². The fraction of sp³-hybridized carbons (Fsp3) is 0.462. The van der Waals surface area contributed by atoms with Gasteiger partial charge in [-0.05, 0) is 74.3 Å². The molecule has 2 aromatic rings. The van der Waals surface area contributed by atoms with Gasteiger partial charge >= 0.3 is 0 Å². The zero-order chi connectivity index (χ0) is 25.1. The van der Waals surface area contributed by atoms with Gasteiger partial charge in [0.25, 0.3) is 0 Å². The van der Waals surface area contributed by atoms with E-state index in [9.17, 15) is 4.79 Å². The third-order valence-corrected chi connectivity index (χ3v) is 7.59. The third kappa shape index (κ3) is 6.55. The zero-order valence-electron chi connectivity index (χ0n) is 20.7. The number of nitrogens with two attached hydrogens (primary N) is 1.